The van der Waals surface area contributed by atoms with Crippen molar-refractivity contribution in [1.29, 1.82) is 0 Å². The van der Waals surface area contributed by atoms with Crippen molar-refractivity contribution >= 4 is 39.9 Å². The maximum absolute atomic E-state index is 13.6. The summed E-state index contributed by atoms with van der Waals surface area (Å²) in [6, 6.07) is 4.19. The van der Waals surface area contributed by atoms with Gasteiger partial charge in [-0.15, -0.1) is 0 Å². The fraction of sp³-hybridized carbons (Fsp3) is 0.542. The highest BCUT2D eigenvalue weighted by Gasteiger charge is 2.79. The molecule has 1 aromatic carbocycles. The van der Waals surface area contributed by atoms with Crippen molar-refractivity contribution in [3.05, 3.63) is 29.8 Å². The molecular weight excluding hydrogens is 540 g/mol. The molecule has 214 valence electrons. The first-order chi connectivity index (χ1) is 18.0. The fourth-order valence-electron chi connectivity index (χ4n) is 4.79. The molecule has 0 unspecified atom stereocenters. The molecule has 39 heavy (non-hydrogen) atoms. The van der Waals surface area contributed by atoms with Gasteiger partial charge in [-0.05, 0) is 38.5 Å². The van der Waals surface area contributed by atoms with Crippen LogP contribution < -0.4 is 15.4 Å². The maximum atomic E-state index is 13.6. The Morgan fingerprint density at radius 2 is 1.69 bits per heavy atom. The Hall–Kier alpha value is -3.88. The topological polar surface area (TPSA) is 201 Å². The predicted molar refractivity (Wildman–Crippen MR) is 131 cm³/mol. The number of carbonyl (C=O) groups excluding carboxylic acids is 4. The van der Waals surface area contributed by atoms with Crippen molar-refractivity contribution in [3.63, 3.8) is 0 Å². The highest BCUT2D eigenvalue weighted by atomic mass is 32.2. The summed E-state index contributed by atoms with van der Waals surface area (Å²) in [5.74, 6) is -5.94. The molecule has 0 aromatic heterocycles. The second-order valence-corrected chi connectivity index (χ2v) is 12.4. The number of alkyl carbamates (subject to hydrolysis) is 1. The van der Waals surface area contributed by atoms with Gasteiger partial charge in [-0.2, -0.15) is 0 Å². The highest BCUT2D eigenvalue weighted by molar-refractivity contribution is 7.92. The van der Waals surface area contributed by atoms with Gasteiger partial charge in [-0.1, -0.05) is 12.1 Å². The van der Waals surface area contributed by atoms with Crippen LogP contribution >= 0.6 is 0 Å². The number of fused-ring (bicyclic) bond motifs is 1. The van der Waals surface area contributed by atoms with Crippen LogP contribution in [-0.2, 0) is 44.9 Å². The summed E-state index contributed by atoms with van der Waals surface area (Å²) in [6.45, 7) is 4.83. The molecule has 1 aromatic rings. The van der Waals surface area contributed by atoms with Gasteiger partial charge < -0.3 is 34.7 Å². The van der Waals surface area contributed by atoms with E-state index in [4.69, 9.17) is 14.6 Å². The molecule has 2 amide bonds. The third-order valence-corrected chi connectivity index (χ3v) is 8.59. The number of rotatable bonds is 8. The summed E-state index contributed by atoms with van der Waals surface area (Å²) in [4.78, 5) is 62.0. The molecule has 1 saturated heterocycles. The summed E-state index contributed by atoms with van der Waals surface area (Å²) >= 11 is 0. The van der Waals surface area contributed by atoms with Crippen molar-refractivity contribution in [2.75, 3.05) is 20.0 Å². The van der Waals surface area contributed by atoms with Crippen molar-refractivity contribution in [2.24, 2.45) is 11.8 Å². The van der Waals surface area contributed by atoms with Gasteiger partial charge in [0.2, 0.25) is 5.91 Å². The van der Waals surface area contributed by atoms with E-state index in [0.717, 1.165) is 14.2 Å². The van der Waals surface area contributed by atoms with E-state index < -0.39 is 80.0 Å². The van der Waals surface area contributed by atoms with E-state index in [-0.39, 0.29) is 12.2 Å². The normalized spacial score (nSPS) is 25.3. The molecule has 3 N–H and O–H groups in total. The van der Waals surface area contributed by atoms with Gasteiger partial charge in [-0.3, -0.25) is 9.59 Å². The largest absolute Gasteiger partial charge is 0.511 e. The standard InChI is InChI=1S/C24H30N2O12S/c1-23(2,3)38-21(30)25-14(10-12-6-8-13(9-7-12)37-22(31)32)18(27)26-24(20(29)36-5)11-39(33,34)17-15(16(17)24)19(28)35-4/h6-9,14-17H,10-11H2,1-5H3,(H,25,30)(H,26,27)(H,31,32)/t14-,15+,16+,17-,24-/m0/s1. The maximum Gasteiger partial charge on any atom is 0.511 e. The number of hydrogen-bond acceptors (Lipinski definition) is 11. The first-order valence-corrected chi connectivity index (χ1v) is 13.5. The minimum absolute atomic E-state index is 0.0155. The minimum atomic E-state index is -4.00. The monoisotopic (exact) mass is 570 g/mol. The van der Waals surface area contributed by atoms with Gasteiger partial charge in [-0.25, -0.2) is 22.8 Å². The number of carboxylic acid groups (broad SMARTS) is 1. The Balaban J connectivity index is 1.92. The van der Waals surface area contributed by atoms with Gasteiger partial charge in [0.1, 0.15) is 17.4 Å². The summed E-state index contributed by atoms with van der Waals surface area (Å²) in [5.41, 5.74) is -2.56. The van der Waals surface area contributed by atoms with Gasteiger partial charge in [0.05, 0.1) is 31.1 Å². The summed E-state index contributed by atoms with van der Waals surface area (Å²) in [7, 11) is -1.91. The Bertz CT molecular complexity index is 1270. The molecule has 1 aliphatic carbocycles. The zero-order valence-electron chi connectivity index (χ0n) is 21.9. The molecule has 0 bridgehead atoms. The van der Waals surface area contributed by atoms with Crippen LogP contribution in [0.25, 0.3) is 0 Å². The second kappa shape index (κ2) is 10.7. The van der Waals surface area contributed by atoms with Gasteiger partial charge in [0.25, 0.3) is 0 Å². The molecule has 0 radical (unpaired) electrons. The minimum Gasteiger partial charge on any atom is -0.469 e. The van der Waals surface area contributed by atoms with Crippen molar-refractivity contribution < 1.29 is 56.4 Å². The van der Waals surface area contributed by atoms with Gasteiger partial charge in [0, 0.05) is 12.3 Å². The van der Waals surface area contributed by atoms with E-state index >= 15 is 0 Å². The molecule has 15 heteroatoms. The number of ether oxygens (including phenoxy) is 4. The molecule has 2 aliphatic rings. The van der Waals surface area contributed by atoms with Gasteiger partial charge >= 0.3 is 24.2 Å². The van der Waals surface area contributed by atoms with Crippen LogP contribution in [0.1, 0.15) is 26.3 Å². The first kappa shape index (κ1) is 29.7. The van der Waals surface area contributed by atoms with Crippen LogP contribution in [0.4, 0.5) is 9.59 Å². The first-order valence-electron chi connectivity index (χ1n) is 11.7. The molecule has 0 spiro atoms. The summed E-state index contributed by atoms with van der Waals surface area (Å²) < 4.78 is 45.0. The number of nitrogens with one attached hydrogen (secondary N) is 2. The van der Waals surface area contributed by atoms with E-state index in [1.165, 1.54) is 24.3 Å². The molecule has 1 heterocycles. The lowest BCUT2D eigenvalue weighted by Crippen LogP contribution is -2.63. The summed E-state index contributed by atoms with van der Waals surface area (Å²) in [6.07, 6.45) is -2.65. The lowest BCUT2D eigenvalue weighted by molar-refractivity contribution is -0.152. The van der Waals surface area contributed by atoms with Crippen molar-refractivity contribution in [1.82, 2.24) is 10.6 Å². The van der Waals surface area contributed by atoms with E-state index in [1.54, 1.807) is 20.8 Å². The molecule has 5 atom stereocenters. The van der Waals surface area contributed by atoms with Crippen LogP contribution in [0.15, 0.2) is 24.3 Å². The summed E-state index contributed by atoms with van der Waals surface area (Å²) in [5, 5.41) is 12.4. The number of hydrogen-bond donors (Lipinski definition) is 3. The van der Waals surface area contributed by atoms with Gasteiger partial charge in [0.15, 0.2) is 15.4 Å². The number of amides is 2. The van der Waals surface area contributed by atoms with E-state index in [2.05, 4.69) is 20.1 Å². The molecule has 14 nitrogen and oxygen atoms in total. The number of carbonyl (C=O) groups is 5. The van der Waals surface area contributed by atoms with E-state index in [1.807, 2.05) is 0 Å². The lowest BCUT2D eigenvalue weighted by Gasteiger charge is -2.31. The zero-order chi connectivity index (χ0) is 29.3. The number of sulfone groups is 1. The van der Waals surface area contributed by atoms with Crippen LogP contribution in [0.3, 0.4) is 0 Å². The SMILES string of the molecule is COC(=O)[C@@H]1[C@@H]2[C@H]1S(=O)(=O)C[C@@]2(NC(=O)[C@H](Cc1ccc(OC(=O)O)cc1)NC(=O)OC(C)(C)C)C(=O)OC. The number of benzene rings is 1. The Morgan fingerprint density at radius 3 is 2.21 bits per heavy atom. The smallest absolute Gasteiger partial charge is 0.469 e. The number of esters is 2. The molecule has 2 fully saturated rings. The zero-order valence-corrected chi connectivity index (χ0v) is 22.7. The lowest BCUT2D eigenvalue weighted by atomic mass is 9.92. The highest BCUT2D eigenvalue weighted by Crippen LogP contribution is 2.58. The third-order valence-electron chi connectivity index (χ3n) is 6.31. The molecule has 3 rings (SSSR count). The van der Waals surface area contributed by atoms with Crippen LogP contribution in [0.5, 0.6) is 5.75 Å². The quantitative estimate of drug-likeness (QED) is 0.221. The van der Waals surface area contributed by atoms with E-state index in [9.17, 15) is 32.4 Å². The van der Waals surface area contributed by atoms with E-state index in [0.29, 0.717) is 5.56 Å². The molecular formula is C24H30N2O12S. The fourth-order valence-corrected chi connectivity index (χ4v) is 7.48. The van der Waals surface area contributed by atoms with Crippen molar-refractivity contribution in [2.45, 2.75) is 49.6 Å². The Labute approximate surface area is 224 Å². The molecule has 1 aliphatic heterocycles. The predicted octanol–water partition coefficient (Wildman–Crippen LogP) is 0.423. The molecule has 1 saturated carbocycles. The van der Waals surface area contributed by atoms with Crippen molar-refractivity contribution in [3.8, 4) is 5.75 Å². The average molecular weight is 571 g/mol. The van der Waals surface area contributed by atoms with Crippen LogP contribution in [0.2, 0.25) is 0 Å². The number of methoxy groups -OCH3 is 2. The average Bonchev–Trinajstić information content (AvgIpc) is 3.54. The second-order valence-electron chi connectivity index (χ2n) is 10.2. The third kappa shape index (κ3) is 6.41. The Morgan fingerprint density at radius 1 is 1.08 bits per heavy atom. The Kier molecular flexibility index (Phi) is 8.15. The van der Waals surface area contributed by atoms with Crippen LogP contribution in [-0.4, -0.2) is 86.0 Å². The van der Waals surface area contributed by atoms with Crippen LogP contribution in [0, 0.1) is 11.8 Å².